The SMILES string of the molecule is CCCCC/C=C\C/C=C\CCCCCCCCCCCC(=O)OC(COC(=O)CCCCCCC/C=C\CCCCCC)COC(=O)CCCCCCCCCCCCC/C=C\CCCCCCCCCC. The van der Waals surface area contributed by atoms with Crippen LogP contribution in [0.4, 0.5) is 0 Å². The number of allylic oxidation sites excluding steroid dienone is 8. The van der Waals surface area contributed by atoms with E-state index in [4.69, 9.17) is 14.2 Å². The van der Waals surface area contributed by atoms with Crippen LogP contribution < -0.4 is 0 Å². The van der Waals surface area contributed by atoms with Crippen LogP contribution in [0.3, 0.4) is 0 Å². The molecule has 0 saturated heterocycles. The lowest BCUT2D eigenvalue weighted by molar-refractivity contribution is -0.167. The molecule has 0 aromatic rings. The maximum absolute atomic E-state index is 12.9. The lowest BCUT2D eigenvalue weighted by Crippen LogP contribution is -2.30. The van der Waals surface area contributed by atoms with E-state index in [-0.39, 0.29) is 31.1 Å². The molecular formula is C67H122O6. The predicted octanol–water partition coefficient (Wildman–Crippen LogP) is 21.8. The first kappa shape index (κ1) is 70.4. The van der Waals surface area contributed by atoms with Crippen molar-refractivity contribution in [3.05, 3.63) is 48.6 Å². The van der Waals surface area contributed by atoms with Crippen molar-refractivity contribution >= 4 is 17.9 Å². The Morgan fingerprint density at radius 1 is 0.274 bits per heavy atom. The Kier molecular flexibility index (Phi) is 59.7. The van der Waals surface area contributed by atoms with E-state index in [1.165, 1.54) is 231 Å². The molecular weight excluding hydrogens is 901 g/mol. The molecule has 0 bridgehead atoms. The second kappa shape index (κ2) is 61.9. The molecule has 0 radical (unpaired) electrons. The van der Waals surface area contributed by atoms with Crippen LogP contribution in [0, 0.1) is 0 Å². The van der Waals surface area contributed by atoms with Crippen molar-refractivity contribution in [2.75, 3.05) is 13.2 Å². The van der Waals surface area contributed by atoms with Gasteiger partial charge in [0.2, 0.25) is 0 Å². The first-order valence-electron chi connectivity index (χ1n) is 32.1. The van der Waals surface area contributed by atoms with Gasteiger partial charge in [-0.25, -0.2) is 0 Å². The highest BCUT2D eigenvalue weighted by Crippen LogP contribution is 2.17. The monoisotopic (exact) mass is 1020 g/mol. The number of carbonyl (C=O) groups excluding carboxylic acids is 3. The molecule has 73 heavy (non-hydrogen) atoms. The van der Waals surface area contributed by atoms with E-state index in [0.717, 1.165) is 70.6 Å². The molecule has 1 unspecified atom stereocenters. The molecule has 6 nitrogen and oxygen atoms in total. The minimum atomic E-state index is -0.779. The topological polar surface area (TPSA) is 78.9 Å². The molecule has 6 heteroatoms. The van der Waals surface area contributed by atoms with Crippen molar-refractivity contribution in [1.82, 2.24) is 0 Å². The van der Waals surface area contributed by atoms with E-state index >= 15 is 0 Å². The largest absolute Gasteiger partial charge is 0.462 e. The summed E-state index contributed by atoms with van der Waals surface area (Å²) in [5, 5.41) is 0. The number of hydrogen-bond donors (Lipinski definition) is 0. The Morgan fingerprint density at radius 2 is 0.493 bits per heavy atom. The average Bonchev–Trinajstić information content (AvgIpc) is 3.39. The van der Waals surface area contributed by atoms with Gasteiger partial charge in [-0.2, -0.15) is 0 Å². The van der Waals surface area contributed by atoms with Gasteiger partial charge in [0.15, 0.2) is 6.10 Å². The van der Waals surface area contributed by atoms with Gasteiger partial charge in [-0.1, -0.05) is 268 Å². The minimum absolute atomic E-state index is 0.0755. The lowest BCUT2D eigenvalue weighted by atomic mass is 10.0. The molecule has 0 aromatic carbocycles. The molecule has 0 aromatic heterocycles. The van der Waals surface area contributed by atoms with E-state index < -0.39 is 6.10 Å². The summed E-state index contributed by atoms with van der Waals surface area (Å²) in [7, 11) is 0. The van der Waals surface area contributed by atoms with Crippen molar-refractivity contribution in [2.45, 2.75) is 348 Å². The first-order chi connectivity index (χ1) is 36.0. The summed E-state index contributed by atoms with van der Waals surface area (Å²) >= 11 is 0. The summed E-state index contributed by atoms with van der Waals surface area (Å²) in [6, 6.07) is 0. The van der Waals surface area contributed by atoms with Crippen LogP contribution in [0.1, 0.15) is 342 Å². The van der Waals surface area contributed by atoms with Crippen molar-refractivity contribution in [3.63, 3.8) is 0 Å². The summed E-state index contributed by atoms with van der Waals surface area (Å²) in [4.78, 5) is 38.3. The summed E-state index contributed by atoms with van der Waals surface area (Å²) in [6.45, 7) is 6.64. The van der Waals surface area contributed by atoms with Gasteiger partial charge in [0.1, 0.15) is 13.2 Å². The zero-order valence-electron chi connectivity index (χ0n) is 48.9. The standard InChI is InChI=1S/C67H122O6/c1-4-7-10-13-16-19-22-25-27-29-31-32-33-34-36-37-39-42-45-48-51-54-57-60-66(69)72-63-64(62-71-65(68)59-56-53-50-47-44-41-24-21-18-15-12-9-6-3)73-67(70)61-58-55-52-49-46-43-40-38-35-30-28-26-23-20-17-14-11-8-5-2/h17,20-21,24,26,28-29,31,64H,4-16,18-19,22-23,25,27,30,32-63H2,1-3H3/b20-17-,24-21-,28-26-,31-29-. The fourth-order valence-corrected chi connectivity index (χ4v) is 9.41. The summed E-state index contributed by atoms with van der Waals surface area (Å²) in [5.74, 6) is -0.871. The molecule has 426 valence electrons. The number of carbonyl (C=O) groups is 3. The van der Waals surface area contributed by atoms with Gasteiger partial charge in [-0.3, -0.25) is 14.4 Å². The lowest BCUT2D eigenvalue weighted by Gasteiger charge is -2.18. The Labute approximate surface area is 454 Å². The third-order valence-corrected chi connectivity index (χ3v) is 14.3. The summed E-state index contributed by atoms with van der Waals surface area (Å²) < 4.78 is 16.9. The van der Waals surface area contributed by atoms with Crippen LogP contribution in [0.15, 0.2) is 48.6 Å². The van der Waals surface area contributed by atoms with Crippen LogP contribution in [0.2, 0.25) is 0 Å². The molecule has 0 N–H and O–H groups in total. The van der Waals surface area contributed by atoms with Crippen LogP contribution >= 0.6 is 0 Å². The van der Waals surface area contributed by atoms with Gasteiger partial charge in [-0.05, 0) is 103 Å². The van der Waals surface area contributed by atoms with Crippen LogP contribution in [0.5, 0.6) is 0 Å². The van der Waals surface area contributed by atoms with Gasteiger partial charge < -0.3 is 14.2 Å². The molecule has 0 heterocycles. The van der Waals surface area contributed by atoms with Crippen molar-refractivity contribution in [2.24, 2.45) is 0 Å². The Balaban J connectivity index is 4.29. The van der Waals surface area contributed by atoms with Gasteiger partial charge in [0.25, 0.3) is 0 Å². The molecule has 0 amide bonds. The van der Waals surface area contributed by atoms with E-state index in [0.29, 0.717) is 19.3 Å². The normalized spacial score (nSPS) is 12.3. The summed E-state index contributed by atoms with van der Waals surface area (Å²) in [6.07, 6.45) is 76.9. The predicted molar refractivity (Wildman–Crippen MR) is 316 cm³/mol. The van der Waals surface area contributed by atoms with Crippen LogP contribution in [0.25, 0.3) is 0 Å². The van der Waals surface area contributed by atoms with Gasteiger partial charge >= 0.3 is 17.9 Å². The third kappa shape index (κ3) is 60.1. The highest BCUT2D eigenvalue weighted by molar-refractivity contribution is 5.71. The van der Waals surface area contributed by atoms with Gasteiger partial charge in [0, 0.05) is 19.3 Å². The van der Waals surface area contributed by atoms with E-state index in [9.17, 15) is 14.4 Å². The molecule has 0 spiro atoms. The fourth-order valence-electron chi connectivity index (χ4n) is 9.41. The number of unbranched alkanes of at least 4 members (excludes halogenated alkanes) is 40. The zero-order chi connectivity index (χ0) is 52.9. The van der Waals surface area contributed by atoms with E-state index in [2.05, 4.69) is 69.4 Å². The smallest absolute Gasteiger partial charge is 0.306 e. The third-order valence-electron chi connectivity index (χ3n) is 14.3. The molecule has 1 atom stereocenters. The van der Waals surface area contributed by atoms with E-state index in [1.54, 1.807) is 0 Å². The van der Waals surface area contributed by atoms with Crippen LogP contribution in [-0.2, 0) is 28.6 Å². The molecule has 0 aliphatic rings. The Hall–Kier alpha value is -2.63. The molecule has 0 aliphatic carbocycles. The number of rotatable bonds is 59. The average molecular weight is 1020 g/mol. The Morgan fingerprint density at radius 3 is 0.808 bits per heavy atom. The maximum atomic E-state index is 12.9. The molecule has 0 rings (SSSR count). The van der Waals surface area contributed by atoms with Crippen molar-refractivity contribution in [3.8, 4) is 0 Å². The van der Waals surface area contributed by atoms with Gasteiger partial charge in [0.05, 0.1) is 0 Å². The minimum Gasteiger partial charge on any atom is -0.462 e. The van der Waals surface area contributed by atoms with Crippen molar-refractivity contribution < 1.29 is 28.6 Å². The fraction of sp³-hybridized carbons (Fsp3) is 0.836. The highest BCUT2D eigenvalue weighted by Gasteiger charge is 2.19. The van der Waals surface area contributed by atoms with Gasteiger partial charge in [-0.15, -0.1) is 0 Å². The second-order valence-corrected chi connectivity index (χ2v) is 21.7. The number of ether oxygens (including phenoxy) is 3. The molecule has 0 fully saturated rings. The quantitative estimate of drug-likeness (QED) is 0.0261. The second-order valence-electron chi connectivity index (χ2n) is 21.7. The number of hydrogen-bond acceptors (Lipinski definition) is 6. The van der Waals surface area contributed by atoms with Crippen molar-refractivity contribution in [1.29, 1.82) is 0 Å². The maximum Gasteiger partial charge on any atom is 0.306 e. The van der Waals surface area contributed by atoms with E-state index in [1.807, 2.05) is 0 Å². The summed E-state index contributed by atoms with van der Waals surface area (Å²) in [5.41, 5.74) is 0. The molecule has 0 aliphatic heterocycles. The first-order valence-corrected chi connectivity index (χ1v) is 32.1. The Bertz CT molecular complexity index is 1270. The zero-order valence-corrected chi connectivity index (χ0v) is 48.9. The van der Waals surface area contributed by atoms with Crippen LogP contribution in [-0.4, -0.2) is 37.2 Å². The molecule has 0 saturated carbocycles. The highest BCUT2D eigenvalue weighted by atomic mass is 16.6. The number of esters is 3.